The van der Waals surface area contributed by atoms with Crippen molar-refractivity contribution in [3.8, 4) is 28.4 Å². The highest BCUT2D eigenvalue weighted by atomic mass is 16.5. The molecule has 0 aliphatic rings. The number of pyridine rings is 1. The van der Waals surface area contributed by atoms with Crippen molar-refractivity contribution < 1.29 is 14.6 Å². The zero-order valence-electron chi connectivity index (χ0n) is 22.5. The number of aromatic nitrogens is 6. The van der Waals surface area contributed by atoms with E-state index in [4.69, 9.17) is 4.74 Å². The van der Waals surface area contributed by atoms with E-state index in [1.165, 1.54) is 11.0 Å². The molecule has 0 fully saturated rings. The van der Waals surface area contributed by atoms with E-state index in [1.807, 2.05) is 60.7 Å². The zero-order valence-corrected chi connectivity index (χ0v) is 22.5. The number of fused-ring (bicyclic) bond motifs is 1. The minimum atomic E-state index is -1.05. The van der Waals surface area contributed by atoms with Crippen molar-refractivity contribution in [2.45, 2.75) is 13.1 Å². The lowest BCUT2D eigenvalue weighted by molar-refractivity contribution is 0.0698. The molecule has 3 aromatic carbocycles. The van der Waals surface area contributed by atoms with Crippen LogP contribution >= 0.6 is 0 Å². The lowest BCUT2D eigenvalue weighted by Crippen LogP contribution is -2.23. The molecular weight excluding hydrogens is 518 g/mol. The van der Waals surface area contributed by atoms with Crippen LogP contribution in [0.5, 0.6) is 5.75 Å². The average molecular weight is 546 g/mol. The summed E-state index contributed by atoms with van der Waals surface area (Å²) in [6, 6.07) is 27.7. The van der Waals surface area contributed by atoms with Crippen LogP contribution in [-0.4, -0.2) is 48.4 Å². The summed E-state index contributed by atoms with van der Waals surface area (Å²) in [6.45, 7) is 1.16. The number of para-hydroxylation sites is 1. The van der Waals surface area contributed by atoms with Crippen LogP contribution in [0.2, 0.25) is 0 Å². The summed E-state index contributed by atoms with van der Waals surface area (Å²) in [5.41, 5.74) is 5.03. The van der Waals surface area contributed by atoms with Crippen molar-refractivity contribution in [1.82, 2.24) is 30.2 Å². The minimum absolute atomic E-state index is 0.108. The van der Waals surface area contributed by atoms with Crippen LogP contribution in [0.25, 0.3) is 33.5 Å². The van der Waals surface area contributed by atoms with E-state index in [0.29, 0.717) is 52.6 Å². The molecule has 6 aromatic rings. The second-order valence-electron chi connectivity index (χ2n) is 9.59. The second-order valence-corrected chi connectivity index (χ2v) is 9.59. The first-order valence-electron chi connectivity index (χ1n) is 13.0. The number of anilines is 1. The van der Waals surface area contributed by atoms with Crippen LogP contribution in [0.1, 0.15) is 21.5 Å². The number of nitrogens with one attached hydrogen (secondary N) is 1. The van der Waals surface area contributed by atoms with Gasteiger partial charge >= 0.3 is 5.97 Å². The summed E-state index contributed by atoms with van der Waals surface area (Å²) < 4.78 is 5.82. The molecule has 0 unspecified atom stereocenters. The highest BCUT2D eigenvalue weighted by Crippen LogP contribution is 2.40. The van der Waals surface area contributed by atoms with Gasteiger partial charge in [-0.2, -0.15) is 4.80 Å². The fourth-order valence-corrected chi connectivity index (χ4v) is 5.01. The summed E-state index contributed by atoms with van der Waals surface area (Å²) in [5, 5.41) is 23.0. The Morgan fingerprint density at radius 2 is 1.61 bits per heavy atom. The molecule has 0 aliphatic heterocycles. The first kappa shape index (κ1) is 25.8. The van der Waals surface area contributed by atoms with Gasteiger partial charge in [0.2, 0.25) is 5.82 Å². The lowest BCUT2D eigenvalue weighted by atomic mass is 10.0. The van der Waals surface area contributed by atoms with Crippen molar-refractivity contribution in [2.75, 3.05) is 12.0 Å². The van der Waals surface area contributed by atoms with Gasteiger partial charge in [0, 0.05) is 30.2 Å². The first-order chi connectivity index (χ1) is 20.0. The largest absolute Gasteiger partial charge is 0.495 e. The molecule has 204 valence electrons. The third-order valence-corrected chi connectivity index (χ3v) is 6.87. The van der Waals surface area contributed by atoms with Crippen LogP contribution in [0, 0.1) is 0 Å². The highest BCUT2D eigenvalue weighted by molar-refractivity contribution is 6.07. The normalized spacial score (nSPS) is 11.1. The molecule has 10 heteroatoms. The molecule has 0 saturated carbocycles. The topological polar surface area (TPSA) is 122 Å². The molecular formula is C31H27N7O3. The molecule has 0 radical (unpaired) electrons. The predicted octanol–water partition coefficient (Wildman–Crippen LogP) is 5.33. The number of ether oxygens (including phenoxy) is 1. The molecule has 0 bridgehead atoms. The molecule has 41 heavy (non-hydrogen) atoms. The minimum Gasteiger partial charge on any atom is -0.495 e. The van der Waals surface area contributed by atoms with Crippen molar-refractivity contribution in [1.29, 1.82) is 0 Å². The predicted molar refractivity (Wildman–Crippen MR) is 156 cm³/mol. The quantitative estimate of drug-likeness (QED) is 0.250. The number of carboxylic acids is 1. The number of nitrogens with zero attached hydrogens (tertiary/aromatic N) is 6. The van der Waals surface area contributed by atoms with E-state index in [2.05, 4.69) is 54.5 Å². The number of rotatable bonds is 9. The van der Waals surface area contributed by atoms with Gasteiger partial charge < -0.3 is 19.7 Å². The maximum Gasteiger partial charge on any atom is 0.337 e. The summed E-state index contributed by atoms with van der Waals surface area (Å²) in [7, 11) is 3.28. The third kappa shape index (κ3) is 5.10. The molecule has 0 aliphatic carbocycles. The van der Waals surface area contributed by atoms with E-state index >= 15 is 0 Å². The van der Waals surface area contributed by atoms with Gasteiger partial charge in [-0.15, -0.1) is 10.2 Å². The standard InChI is InChI=1S/C31H27N7O3/c1-37-35-29(34-36-37)23-15-9-14-22(28(23)41-2)26-16-24-25(31(39)40)17-32-30(27(24)33-26)38(18-20-10-5-3-6-11-20)19-21-12-7-4-8-13-21/h3-17,33H,18-19H2,1-2H3,(H,39,40). The number of aromatic amines is 1. The average Bonchev–Trinajstić information content (AvgIpc) is 3.63. The third-order valence-electron chi connectivity index (χ3n) is 6.87. The van der Waals surface area contributed by atoms with Crippen molar-refractivity contribution in [2.24, 2.45) is 7.05 Å². The Hall–Kier alpha value is -5.51. The van der Waals surface area contributed by atoms with Crippen molar-refractivity contribution in [3.63, 3.8) is 0 Å². The smallest absolute Gasteiger partial charge is 0.337 e. The van der Waals surface area contributed by atoms with Gasteiger partial charge in [0.1, 0.15) is 5.75 Å². The van der Waals surface area contributed by atoms with E-state index in [-0.39, 0.29) is 5.56 Å². The number of aryl methyl sites for hydroxylation is 1. The molecule has 10 nitrogen and oxygen atoms in total. The monoisotopic (exact) mass is 545 g/mol. The van der Waals surface area contributed by atoms with Gasteiger partial charge in [-0.3, -0.25) is 0 Å². The summed E-state index contributed by atoms with van der Waals surface area (Å²) in [6.07, 6.45) is 1.43. The number of methoxy groups -OCH3 is 1. The van der Waals surface area contributed by atoms with Crippen LogP contribution < -0.4 is 9.64 Å². The number of hydrogen-bond acceptors (Lipinski definition) is 7. The zero-order chi connectivity index (χ0) is 28.3. The van der Waals surface area contributed by atoms with Gasteiger partial charge in [0.05, 0.1) is 36.5 Å². The first-order valence-corrected chi connectivity index (χ1v) is 13.0. The maximum absolute atomic E-state index is 12.3. The summed E-state index contributed by atoms with van der Waals surface area (Å²) in [4.78, 5) is 24.0. The van der Waals surface area contributed by atoms with Crippen molar-refractivity contribution in [3.05, 3.63) is 108 Å². The second kappa shape index (κ2) is 10.9. The van der Waals surface area contributed by atoms with E-state index in [9.17, 15) is 9.90 Å². The van der Waals surface area contributed by atoms with Gasteiger partial charge in [0.25, 0.3) is 0 Å². The number of tetrazole rings is 1. The highest BCUT2D eigenvalue weighted by Gasteiger charge is 2.23. The van der Waals surface area contributed by atoms with Gasteiger partial charge in [0.15, 0.2) is 5.82 Å². The molecule has 2 N–H and O–H groups in total. The number of H-pyrrole nitrogens is 1. The Kier molecular flexibility index (Phi) is 6.87. The fraction of sp³-hybridized carbons (Fsp3) is 0.129. The Morgan fingerprint density at radius 3 is 2.20 bits per heavy atom. The van der Waals surface area contributed by atoms with Crippen LogP contribution in [-0.2, 0) is 20.1 Å². The molecule has 0 spiro atoms. The SMILES string of the molecule is COc1c(-c2nnn(C)n2)cccc1-c1cc2c(C(=O)O)cnc(N(Cc3ccccc3)Cc3ccccc3)c2[nH]1. The van der Waals surface area contributed by atoms with Crippen molar-refractivity contribution >= 4 is 22.7 Å². The molecule has 0 amide bonds. The van der Waals surface area contributed by atoms with E-state index < -0.39 is 5.97 Å². The maximum atomic E-state index is 12.3. The van der Waals surface area contributed by atoms with Crippen LogP contribution in [0.15, 0.2) is 91.1 Å². The molecule has 3 aromatic heterocycles. The molecule has 0 atom stereocenters. The molecule has 3 heterocycles. The number of carbonyl (C=O) groups is 1. The number of hydrogen-bond donors (Lipinski definition) is 2. The number of aromatic carboxylic acids is 1. The fourth-order valence-electron chi connectivity index (χ4n) is 5.01. The molecule has 0 saturated heterocycles. The Balaban J connectivity index is 1.52. The van der Waals surface area contributed by atoms with Gasteiger partial charge in [-0.1, -0.05) is 66.7 Å². The number of benzene rings is 3. The summed E-state index contributed by atoms with van der Waals surface area (Å²) >= 11 is 0. The lowest BCUT2D eigenvalue weighted by Gasteiger charge is -2.25. The Morgan fingerprint density at radius 1 is 0.951 bits per heavy atom. The van der Waals surface area contributed by atoms with Gasteiger partial charge in [-0.05, 0) is 34.5 Å². The Bertz CT molecular complexity index is 1790. The van der Waals surface area contributed by atoms with Gasteiger partial charge in [-0.25, -0.2) is 9.78 Å². The van der Waals surface area contributed by atoms with E-state index in [0.717, 1.165) is 16.7 Å². The van der Waals surface area contributed by atoms with E-state index in [1.54, 1.807) is 14.2 Å². The number of carboxylic acid groups (broad SMARTS) is 1. The van der Waals surface area contributed by atoms with Crippen LogP contribution in [0.3, 0.4) is 0 Å². The molecule has 6 rings (SSSR count). The Labute approximate surface area is 235 Å². The van der Waals surface area contributed by atoms with Crippen LogP contribution in [0.4, 0.5) is 5.82 Å². The summed E-state index contributed by atoms with van der Waals surface area (Å²) in [5.74, 6) is 0.563.